The highest BCUT2D eigenvalue weighted by Crippen LogP contribution is 2.57. The molecule has 2 aromatic rings. The molecule has 0 radical (unpaired) electrons. The van der Waals surface area contributed by atoms with Gasteiger partial charge in [0.25, 0.3) is 0 Å². The lowest BCUT2D eigenvalue weighted by Crippen LogP contribution is -2.56. The van der Waals surface area contributed by atoms with Crippen molar-refractivity contribution >= 4 is 0 Å². The molecule has 136 valence electrons. The Balaban J connectivity index is 3.04. The lowest BCUT2D eigenvalue weighted by molar-refractivity contribution is -0.289. The highest BCUT2D eigenvalue weighted by atomic mass is 19.4. The van der Waals surface area contributed by atoms with Crippen molar-refractivity contribution in [1.29, 1.82) is 0 Å². The Bertz CT molecular complexity index is 673. The molecule has 0 aliphatic carbocycles. The number of benzene rings is 2. The first-order chi connectivity index (χ1) is 11.6. The van der Waals surface area contributed by atoms with Gasteiger partial charge in [-0.3, -0.25) is 0 Å². The van der Waals surface area contributed by atoms with E-state index in [1.54, 1.807) is 0 Å². The van der Waals surface area contributed by atoms with E-state index < -0.39 is 42.0 Å². The zero-order chi connectivity index (χ0) is 18.9. The zero-order valence-corrected chi connectivity index (χ0v) is 13.0. The van der Waals surface area contributed by atoms with Crippen LogP contribution in [0.25, 0.3) is 0 Å². The van der Waals surface area contributed by atoms with Gasteiger partial charge in [0, 0.05) is 13.1 Å². The molecule has 0 heterocycles. The van der Waals surface area contributed by atoms with E-state index in [1.807, 2.05) is 0 Å². The summed E-state index contributed by atoms with van der Waals surface area (Å²) in [6, 6.07) is 8.90. The van der Waals surface area contributed by atoms with Crippen LogP contribution in [0.4, 0.5) is 26.3 Å². The van der Waals surface area contributed by atoms with Crippen molar-refractivity contribution in [2.45, 2.75) is 30.9 Å². The van der Waals surface area contributed by atoms with Crippen LogP contribution in [0, 0.1) is 0 Å². The third kappa shape index (κ3) is 3.00. The van der Waals surface area contributed by atoms with E-state index in [4.69, 9.17) is 11.5 Å². The number of rotatable bonds is 4. The first-order valence-electron chi connectivity index (χ1n) is 7.31. The molecule has 8 heteroatoms. The van der Waals surface area contributed by atoms with Gasteiger partial charge in [-0.05, 0) is 22.3 Å². The van der Waals surface area contributed by atoms with Gasteiger partial charge in [-0.25, -0.2) is 0 Å². The summed E-state index contributed by atoms with van der Waals surface area (Å²) in [6.45, 7) is -0.927. The smallest absolute Gasteiger partial charge is 0.326 e. The van der Waals surface area contributed by atoms with Crippen LogP contribution >= 0.6 is 0 Å². The standard InChI is InChI=1S/C17H16F6N2/c18-16(19,20)15(17(21,22)23,13-7-3-1-5-11(13)9-24)14-8-4-2-6-12(14)10-25/h1-8H,9-10,24-25H2. The minimum absolute atomic E-state index is 0.232. The molecule has 0 aromatic heterocycles. The van der Waals surface area contributed by atoms with Crippen molar-refractivity contribution in [3.05, 3.63) is 70.8 Å². The second kappa shape index (κ2) is 6.68. The molecule has 2 rings (SSSR count). The van der Waals surface area contributed by atoms with Crippen molar-refractivity contribution < 1.29 is 26.3 Å². The van der Waals surface area contributed by atoms with E-state index in [0.717, 1.165) is 36.4 Å². The maximum absolute atomic E-state index is 14.1. The third-order valence-corrected chi connectivity index (χ3v) is 4.13. The summed E-state index contributed by atoms with van der Waals surface area (Å²) < 4.78 is 84.4. The maximum atomic E-state index is 14.1. The van der Waals surface area contributed by atoms with Crippen LogP contribution in [-0.2, 0) is 18.5 Å². The fourth-order valence-corrected chi connectivity index (χ4v) is 3.04. The molecule has 0 saturated heterocycles. The Morgan fingerprint density at radius 3 is 1.20 bits per heavy atom. The summed E-state index contributed by atoms with van der Waals surface area (Å²) in [5, 5.41) is 0. The van der Waals surface area contributed by atoms with Gasteiger partial charge >= 0.3 is 12.4 Å². The van der Waals surface area contributed by atoms with E-state index in [0.29, 0.717) is 0 Å². The van der Waals surface area contributed by atoms with Gasteiger partial charge in [-0.2, -0.15) is 26.3 Å². The summed E-state index contributed by atoms with van der Waals surface area (Å²) >= 11 is 0. The molecule has 0 fully saturated rings. The summed E-state index contributed by atoms with van der Waals surface area (Å²) in [6.07, 6.45) is -11.3. The first kappa shape index (κ1) is 19.3. The highest BCUT2D eigenvalue weighted by Gasteiger charge is 2.73. The Kier molecular flexibility index (Phi) is 5.15. The molecular weight excluding hydrogens is 346 g/mol. The number of nitrogens with two attached hydrogens (primary N) is 2. The molecule has 0 atom stereocenters. The van der Waals surface area contributed by atoms with Gasteiger partial charge in [0.2, 0.25) is 5.41 Å². The summed E-state index contributed by atoms with van der Waals surface area (Å²) in [5.41, 5.74) is 4.30. The van der Waals surface area contributed by atoms with Crippen molar-refractivity contribution in [2.24, 2.45) is 11.5 Å². The molecule has 0 spiro atoms. The minimum atomic E-state index is -5.65. The van der Waals surface area contributed by atoms with Gasteiger partial charge in [0.05, 0.1) is 0 Å². The van der Waals surface area contributed by atoms with Crippen LogP contribution < -0.4 is 11.5 Å². The van der Waals surface area contributed by atoms with Crippen molar-refractivity contribution in [1.82, 2.24) is 0 Å². The molecule has 0 bridgehead atoms. The SMILES string of the molecule is NCc1ccccc1C(c1ccccc1CN)(C(F)(F)F)C(F)(F)F. The Labute approximate surface area is 140 Å². The average Bonchev–Trinajstić information content (AvgIpc) is 2.53. The monoisotopic (exact) mass is 362 g/mol. The van der Waals surface area contributed by atoms with Crippen LogP contribution in [0.5, 0.6) is 0 Å². The fraction of sp³-hybridized carbons (Fsp3) is 0.294. The Morgan fingerprint density at radius 1 is 0.600 bits per heavy atom. The van der Waals surface area contributed by atoms with Crippen LogP contribution in [0.3, 0.4) is 0 Å². The first-order valence-corrected chi connectivity index (χ1v) is 7.31. The van der Waals surface area contributed by atoms with Gasteiger partial charge in [-0.15, -0.1) is 0 Å². The maximum Gasteiger partial charge on any atom is 0.411 e. The predicted molar refractivity (Wildman–Crippen MR) is 81.6 cm³/mol. The number of alkyl halides is 6. The summed E-state index contributed by atoms with van der Waals surface area (Å²) in [7, 11) is 0. The molecule has 0 amide bonds. The van der Waals surface area contributed by atoms with Gasteiger partial charge in [0.15, 0.2) is 0 Å². The summed E-state index contributed by atoms with van der Waals surface area (Å²) in [5.74, 6) is 0. The lowest BCUT2D eigenvalue weighted by Gasteiger charge is -2.40. The van der Waals surface area contributed by atoms with Gasteiger partial charge in [0.1, 0.15) is 0 Å². The van der Waals surface area contributed by atoms with E-state index >= 15 is 0 Å². The average molecular weight is 362 g/mol. The quantitative estimate of drug-likeness (QED) is 0.808. The lowest BCUT2D eigenvalue weighted by atomic mass is 9.69. The Morgan fingerprint density at radius 2 is 0.920 bits per heavy atom. The van der Waals surface area contributed by atoms with Crippen LogP contribution in [0.2, 0.25) is 0 Å². The normalized spacial score (nSPS) is 13.1. The number of hydrogen-bond donors (Lipinski definition) is 2. The topological polar surface area (TPSA) is 52.0 Å². The zero-order valence-electron chi connectivity index (χ0n) is 13.0. The molecular formula is C17H16F6N2. The highest BCUT2D eigenvalue weighted by molar-refractivity contribution is 5.50. The molecule has 4 N–H and O–H groups in total. The van der Waals surface area contributed by atoms with E-state index in [-0.39, 0.29) is 11.1 Å². The molecule has 0 unspecified atom stereocenters. The molecule has 0 saturated carbocycles. The second-order valence-corrected chi connectivity index (χ2v) is 5.47. The number of halogens is 6. The molecule has 0 aliphatic rings. The van der Waals surface area contributed by atoms with E-state index in [1.165, 1.54) is 12.1 Å². The molecule has 25 heavy (non-hydrogen) atoms. The second-order valence-electron chi connectivity index (χ2n) is 5.47. The molecule has 0 aliphatic heterocycles. The third-order valence-electron chi connectivity index (χ3n) is 4.13. The van der Waals surface area contributed by atoms with Gasteiger partial charge < -0.3 is 11.5 Å². The van der Waals surface area contributed by atoms with Crippen molar-refractivity contribution in [3.63, 3.8) is 0 Å². The molecule has 2 nitrogen and oxygen atoms in total. The molecule has 2 aromatic carbocycles. The van der Waals surface area contributed by atoms with E-state index in [9.17, 15) is 26.3 Å². The Hall–Kier alpha value is -2.06. The minimum Gasteiger partial charge on any atom is -0.326 e. The van der Waals surface area contributed by atoms with Crippen molar-refractivity contribution in [2.75, 3.05) is 0 Å². The fourth-order valence-electron chi connectivity index (χ4n) is 3.04. The predicted octanol–water partition coefficient (Wildman–Crippen LogP) is 4.01. The number of hydrogen-bond acceptors (Lipinski definition) is 2. The van der Waals surface area contributed by atoms with Crippen LogP contribution in [0.1, 0.15) is 22.3 Å². The van der Waals surface area contributed by atoms with Crippen LogP contribution in [-0.4, -0.2) is 12.4 Å². The largest absolute Gasteiger partial charge is 0.411 e. The van der Waals surface area contributed by atoms with Crippen LogP contribution in [0.15, 0.2) is 48.5 Å². The van der Waals surface area contributed by atoms with E-state index in [2.05, 4.69) is 0 Å². The summed E-state index contributed by atoms with van der Waals surface area (Å²) in [4.78, 5) is 0. The van der Waals surface area contributed by atoms with Gasteiger partial charge in [-0.1, -0.05) is 48.5 Å². The van der Waals surface area contributed by atoms with Crippen molar-refractivity contribution in [3.8, 4) is 0 Å².